The lowest BCUT2D eigenvalue weighted by Gasteiger charge is -2.01. The molecule has 0 aliphatic carbocycles. The fraction of sp³-hybridized carbons (Fsp3) is 0.267. The molecule has 7 heteroatoms. The van der Waals surface area contributed by atoms with Gasteiger partial charge in [-0.25, -0.2) is 4.98 Å². The first-order valence-corrected chi connectivity index (χ1v) is 8.83. The van der Waals surface area contributed by atoms with Crippen molar-refractivity contribution in [3.63, 3.8) is 0 Å². The molecule has 3 rings (SSSR count). The molecule has 0 aliphatic rings. The third kappa shape index (κ3) is 3.66. The third-order valence-electron chi connectivity index (χ3n) is 2.96. The Morgan fingerprint density at radius 3 is 3.05 bits per heavy atom. The minimum absolute atomic E-state index is 0.111. The van der Waals surface area contributed by atoms with E-state index in [1.54, 1.807) is 17.4 Å². The molecule has 0 amide bonds. The minimum Gasteiger partial charge on any atom is -0.355 e. The van der Waals surface area contributed by atoms with Gasteiger partial charge < -0.3 is 9.51 Å². The molecule has 0 fully saturated rings. The number of aryl methyl sites for hydroxylation is 1. The van der Waals surface area contributed by atoms with Gasteiger partial charge in [0, 0.05) is 23.6 Å². The third-order valence-corrected chi connectivity index (χ3v) is 4.75. The van der Waals surface area contributed by atoms with Gasteiger partial charge >= 0.3 is 0 Å². The van der Waals surface area contributed by atoms with E-state index in [2.05, 4.69) is 22.0 Å². The summed E-state index contributed by atoms with van der Waals surface area (Å²) in [5.74, 6) is 1.37. The molecule has 3 aromatic heterocycles. The summed E-state index contributed by atoms with van der Waals surface area (Å²) in [6.45, 7) is 2.07. The Bertz CT molecular complexity index is 793. The van der Waals surface area contributed by atoms with Crippen LogP contribution in [0, 0.1) is 0 Å². The molecule has 5 nitrogen and oxygen atoms in total. The van der Waals surface area contributed by atoms with Crippen LogP contribution in [0.15, 0.2) is 44.1 Å². The topological polar surface area (TPSA) is 71.8 Å². The van der Waals surface area contributed by atoms with Gasteiger partial charge in [-0.3, -0.25) is 4.79 Å². The summed E-state index contributed by atoms with van der Waals surface area (Å²) in [4.78, 5) is 19.9. The molecule has 114 valence electrons. The normalized spacial score (nSPS) is 11.0. The predicted molar refractivity (Wildman–Crippen MR) is 88.2 cm³/mol. The largest absolute Gasteiger partial charge is 0.355 e. The molecule has 0 atom stereocenters. The molecule has 0 saturated heterocycles. The average molecular weight is 333 g/mol. The first-order chi connectivity index (χ1) is 10.7. The zero-order chi connectivity index (χ0) is 15.4. The van der Waals surface area contributed by atoms with E-state index >= 15 is 0 Å². The standard InChI is InChI=1S/C15H15N3O2S2/c1-2-4-10-8-14(19)17-15(16-10)22-9-11-7-12(20-18-11)13-5-3-6-21-13/h3,5-8H,2,4,9H2,1H3,(H,16,17,19). The maximum atomic E-state index is 11.6. The number of thiophene rings is 1. The van der Waals surface area contributed by atoms with Crippen molar-refractivity contribution >= 4 is 23.1 Å². The molecule has 0 aromatic carbocycles. The Hall–Kier alpha value is -1.86. The number of hydrogen-bond donors (Lipinski definition) is 1. The van der Waals surface area contributed by atoms with Gasteiger partial charge in [-0.15, -0.1) is 11.3 Å². The van der Waals surface area contributed by atoms with Gasteiger partial charge in [-0.05, 0) is 17.9 Å². The zero-order valence-corrected chi connectivity index (χ0v) is 13.7. The molecule has 0 spiro atoms. The highest BCUT2D eigenvalue weighted by Crippen LogP contribution is 2.27. The second kappa shape index (κ2) is 6.93. The number of aromatic amines is 1. The molecule has 0 bridgehead atoms. The first kappa shape index (κ1) is 15.1. The highest BCUT2D eigenvalue weighted by atomic mass is 32.2. The van der Waals surface area contributed by atoms with Crippen LogP contribution in [0.5, 0.6) is 0 Å². The van der Waals surface area contributed by atoms with Crippen molar-refractivity contribution < 1.29 is 4.52 Å². The van der Waals surface area contributed by atoms with E-state index in [4.69, 9.17) is 4.52 Å². The van der Waals surface area contributed by atoms with Crippen LogP contribution < -0.4 is 5.56 Å². The van der Waals surface area contributed by atoms with E-state index in [0.29, 0.717) is 10.9 Å². The van der Waals surface area contributed by atoms with Crippen LogP contribution in [-0.4, -0.2) is 15.1 Å². The molecule has 1 N–H and O–H groups in total. The van der Waals surface area contributed by atoms with Gasteiger partial charge in [0.25, 0.3) is 5.56 Å². The van der Waals surface area contributed by atoms with Crippen molar-refractivity contribution in [1.82, 2.24) is 15.1 Å². The van der Waals surface area contributed by atoms with E-state index in [9.17, 15) is 4.79 Å². The van der Waals surface area contributed by atoms with Gasteiger partial charge in [-0.2, -0.15) is 0 Å². The van der Waals surface area contributed by atoms with E-state index in [-0.39, 0.29) is 5.56 Å². The Labute approximate surface area is 135 Å². The van der Waals surface area contributed by atoms with Crippen LogP contribution in [0.1, 0.15) is 24.7 Å². The fourth-order valence-electron chi connectivity index (χ4n) is 1.99. The second-order valence-corrected chi connectivity index (χ2v) is 6.65. The van der Waals surface area contributed by atoms with Gasteiger partial charge in [0.1, 0.15) is 0 Å². The Morgan fingerprint density at radius 1 is 1.36 bits per heavy atom. The lowest BCUT2D eigenvalue weighted by molar-refractivity contribution is 0.427. The lowest BCUT2D eigenvalue weighted by Crippen LogP contribution is -2.09. The highest BCUT2D eigenvalue weighted by Gasteiger charge is 2.09. The number of aromatic nitrogens is 3. The quantitative estimate of drug-likeness (QED) is 0.550. The monoisotopic (exact) mass is 333 g/mol. The minimum atomic E-state index is -0.111. The number of rotatable bonds is 6. The van der Waals surface area contributed by atoms with Crippen LogP contribution in [-0.2, 0) is 12.2 Å². The molecule has 3 aromatic rings. The molecule has 0 saturated carbocycles. The van der Waals surface area contributed by atoms with Gasteiger partial charge in [0.05, 0.1) is 10.6 Å². The molecule has 0 radical (unpaired) electrons. The van der Waals surface area contributed by atoms with Crippen molar-refractivity contribution in [2.24, 2.45) is 0 Å². The summed E-state index contributed by atoms with van der Waals surface area (Å²) < 4.78 is 5.34. The molecular weight excluding hydrogens is 318 g/mol. The Balaban J connectivity index is 1.69. The molecule has 3 heterocycles. The Kier molecular flexibility index (Phi) is 4.74. The fourth-order valence-corrected chi connectivity index (χ4v) is 3.44. The van der Waals surface area contributed by atoms with E-state index in [1.807, 2.05) is 23.6 Å². The summed E-state index contributed by atoms with van der Waals surface area (Å²) in [6.07, 6.45) is 1.78. The van der Waals surface area contributed by atoms with E-state index in [0.717, 1.165) is 34.9 Å². The van der Waals surface area contributed by atoms with Gasteiger partial charge in [-0.1, -0.05) is 36.3 Å². The van der Waals surface area contributed by atoms with Crippen molar-refractivity contribution in [2.75, 3.05) is 0 Å². The van der Waals surface area contributed by atoms with E-state index in [1.165, 1.54) is 11.8 Å². The molecule has 0 aliphatic heterocycles. The van der Waals surface area contributed by atoms with Gasteiger partial charge in [0.15, 0.2) is 10.9 Å². The number of H-pyrrole nitrogens is 1. The molecule has 22 heavy (non-hydrogen) atoms. The average Bonchev–Trinajstić information content (AvgIpc) is 3.16. The predicted octanol–water partition coefficient (Wildman–Crippen LogP) is 3.73. The van der Waals surface area contributed by atoms with Crippen LogP contribution in [0.2, 0.25) is 0 Å². The molecule has 0 unspecified atom stereocenters. The lowest BCUT2D eigenvalue weighted by atomic mass is 10.2. The van der Waals surface area contributed by atoms with Crippen LogP contribution in [0.4, 0.5) is 0 Å². The maximum absolute atomic E-state index is 11.6. The number of nitrogens with zero attached hydrogens (tertiary/aromatic N) is 2. The zero-order valence-electron chi connectivity index (χ0n) is 12.0. The number of hydrogen-bond acceptors (Lipinski definition) is 6. The summed E-state index contributed by atoms with van der Waals surface area (Å²) >= 11 is 3.07. The first-order valence-electron chi connectivity index (χ1n) is 6.97. The SMILES string of the molecule is CCCc1cc(=O)[nH]c(SCc2cc(-c3cccs3)on2)n1. The van der Waals surface area contributed by atoms with Crippen molar-refractivity contribution in [3.8, 4) is 10.6 Å². The summed E-state index contributed by atoms with van der Waals surface area (Å²) in [5, 5.41) is 6.68. The Morgan fingerprint density at radius 2 is 2.27 bits per heavy atom. The summed E-state index contributed by atoms with van der Waals surface area (Å²) in [5.41, 5.74) is 1.55. The number of thioether (sulfide) groups is 1. The van der Waals surface area contributed by atoms with Crippen LogP contribution in [0.25, 0.3) is 10.6 Å². The summed E-state index contributed by atoms with van der Waals surface area (Å²) in [6, 6.07) is 7.45. The van der Waals surface area contributed by atoms with Crippen LogP contribution in [0.3, 0.4) is 0 Å². The van der Waals surface area contributed by atoms with E-state index < -0.39 is 0 Å². The number of nitrogens with one attached hydrogen (secondary N) is 1. The highest BCUT2D eigenvalue weighted by molar-refractivity contribution is 7.98. The second-order valence-electron chi connectivity index (χ2n) is 4.74. The summed E-state index contributed by atoms with van der Waals surface area (Å²) in [7, 11) is 0. The maximum Gasteiger partial charge on any atom is 0.251 e. The van der Waals surface area contributed by atoms with Crippen LogP contribution >= 0.6 is 23.1 Å². The molecular formula is C15H15N3O2S2. The van der Waals surface area contributed by atoms with Gasteiger partial charge in [0.2, 0.25) is 0 Å². The van der Waals surface area contributed by atoms with Crippen molar-refractivity contribution in [2.45, 2.75) is 30.7 Å². The smallest absolute Gasteiger partial charge is 0.251 e. The van der Waals surface area contributed by atoms with Crippen molar-refractivity contribution in [1.29, 1.82) is 0 Å². The van der Waals surface area contributed by atoms with Crippen molar-refractivity contribution in [3.05, 3.63) is 51.4 Å².